The van der Waals surface area contributed by atoms with E-state index < -0.39 is 6.09 Å². The highest BCUT2D eigenvalue weighted by molar-refractivity contribution is 7.98. The monoisotopic (exact) mass is 342 g/mol. The maximum atomic E-state index is 10.8. The van der Waals surface area contributed by atoms with E-state index >= 15 is 0 Å². The topological polar surface area (TPSA) is 54.7 Å². The number of aromatic nitrogens is 1. The van der Waals surface area contributed by atoms with Gasteiger partial charge < -0.3 is 14.7 Å². The Balaban J connectivity index is 1.80. The van der Waals surface area contributed by atoms with E-state index in [4.69, 9.17) is 9.84 Å². The molecule has 24 heavy (non-hydrogen) atoms. The maximum Gasteiger partial charge on any atom is 0.407 e. The second-order valence-corrected chi connectivity index (χ2v) is 6.34. The lowest BCUT2D eigenvalue weighted by molar-refractivity contribution is 0.147. The number of amides is 1. The molecule has 0 aliphatic heterocycles. The summed E-state index contributed by atoms with van der Waals surface area (Å²) in [5.74, 6) is 0.750. The Hall–Kier alpha value is -2.60. The molecule has 6 heteroatoms. The third kappa shape index (κ3) is 3.65. The molecule has 0 spiro atoms. The van der Waals surface area contributed by atoms with Crippen LogP contribution in [0.25, 0.3) is 10.9 Å². The molecule has 0 saturated carbocycles. The zero-order chi connectivity index (χ0) is 16.9. The summed E-state index contributed by atoms with van der Waals surface area (Å²) in [6, 6.07) is 18.0. The van der Waals surface area contributed by atoms with E-state index in [0.29, 0.717) is 13.2 Å². The van der Waals surface area contributed by atoms with Gasteiger partial charge in [0.25, 0.3) is 0 Å². The van der Waals surface area contributed by atoms with Gasteiger partial charge in [0.1, 0.15) is 17.9 Å². The number of ether oxygens (including phenoxy) is 1. The van der Waals surface area contributed by atoms with Crippen molar-refractivity contribution in [3.05, 3.63) is 60.8 Å². The average Bonchev–Trinajstić information content (AvgIpc) is 2.99. The first kappa shape index (κ1) is 16.3. The molecular weight excluding hydrogens is 324 g/mol. The fraction of sp³-hybridized carbons (Fsp3) is 0.167. The minimum absolute atomic E-state index is 0.309. The van der Waals surface area contributed by atoms with Gasteiger partial charge in [-0.2, -0.15) is 0 Å². The van der Waals surface area contributed by atoms with E-state index in [1.165, 1.54) is 11.9 Å². The molecule has 3 aromatic rings. The summed E-state index contributed by atoms with van der Waals surface area (Å²) in [6.07, 6.45) is 1.05. The van der Waals surface area contributed by atoms with Crippen LogP contribution < -0.4 is 4.74 Å². The highest BCUT2D eigenvalue weighted by Crippen LogP contribution is 2.32. The minimum Gasteiger partial charge on any atom is -0.489 e. The molecule has 0 fully saturated rings. The summed E-state index contributed by atoms with van der Waals surface area (Å²) in [4.78, 5) is 13.2. The molecule has 0 aliphatic carbocycles. The molecule has 0 aliphatic rings. The molecule has 1 aromatic heterocycles. The molecule has 3 rings (SSSR count). The van der Waals surface area contributed by atoms with Crippen LogP contribution in [0.2, 0.25) is 0 Å². The molecule has 0 radical (unpaired) electrons. The number of benzene rings is 2. The average molecular weight is 342 g/mol. The Morgan fingerprint density at radius 1 is 1.17 bits per heavy atom. The van der Waals surface area contributed by atoms with E-state index in [-0.39, 0.29) is 0 Å². The van der Waals surface area contributed by atoms with Crippen LogP contribution in [0.3, 0.4) is 0 Å². The summed E-state index contributed by atoms with van der Waals surface area (Å²) in [6.45, 7) is 0.626. The van der Waals surface area contributed by atoms with Crippen LogP contribution in [-0.2, 0) is 0 Å². The van der Waals surface area contributed by atoms with Crippen LogP contribution in [0.15, 0.2) is 65.7 Å². The number of hydrogen-bond donors (Lipinski definition) is 1. The summed E-state index contributed by atoms with van der Waals surface area (Å²) in [7, 11) is 1.53. The number of para-hydroxylation sites is 1. The van der Waals surface area contributed by atoms with Gasteiger partial charge in [-0.15, -0.1) is 0 Å². The van der Waals surface area contributed by atoms with Crippen molar-refractivity contribution in [1.82, 2.24) is 8.87 Å². The molecular formula is C18H18N2O3S. The van der Waals surface area contributed by atoms with Gasteiger partial charge in [-0.05, 0) is 36.2 Å². The van der Waals surface area contributed by atoms with Gasteiger partial charge in [0.05, 0.1) is 6.54 Å². The van der Waals surface area contributed by atoms with Crippen molar-refractivity contribution in [2.24, 2.45) is 0 Å². The number of rotatable bonds is 6. The summed E-state index contributed by atoms with van der Waals surface area (Å²) in [5.41, 5.74) is 0.990. The Morgan fingerprint density at radius 2 is 1.96 bits per heavy atom. The van der Waals surface area contributed by atoms with Crippen molar-refractivity contribution in [3.63, 3.8) is 0 Å². The van der Waals surface area contributed by atoms with Gasteiger partial charge in [-0.1, -0.05) is 30.3 Å². The third-order valence-electron chi connectivity index (χ3n) is 3.60. The summed E-state index contributed by atoms with van der Waals surface area (Å²) in [5, 5.41) is 9.97. The number of carbonyl (C=O) groups is 1. The second kappa shape index (κ2) is 7.31. The maximum absolute atomic E-state index is 10.8. The molecule has 1 N–H and O–H groups in total. The van der Waals surface area contributed by atoms with Crippen molar-refractivity contribution in [2.45, 2.75) is 4.90 Å². The zero-order valence-corrected chi connectivity index (χ0v) is 14.1. The quantitative estimate of drug-likeness (QED) is 0.730. The number of likely N-dealkylation sites (N-methyl/N-ethyl adjacent to an activating group) is 1. The van der Waals surface area contributed by atoms with Crippen LogP contribution in [0.5, 0.6) is 5.75 Å². The van der Waals surface area contributed by atoms with Crippen molar-refractivity contribution in [1.29, 1.82) is 0 Å². The van der Waals surface area contributed by atoms with Crippen molar-refractivity contribution in [2.75, 3.05) is 20.2 Å². The SMILES string of the molecule is CN(CCOc1cccc2ccn(Sc3ccccc3)c12)C(=O)O. The molecule has 0 bridgehead atoms. The van der Waals surface area contributed by atoms with Crippen molar-refractivity contribution < 1.29 is 14.6 Å². The van der Waals surface area contributed by atoms with Crippen LogP contribution in [-0.4, -0.2) is 40.3 Å². The molecule has 5 nitrogen and oxygen atoms in total. The number of fused-ring (bicyclic) bond motifs is 1. The van der Waals surface area contributed by atoms with Gasteiger partial charge in [0.2, 0.25) is 0 Å². The van der Waals surface area contributed by atoms with E-state index in [0.717, 1.165) is 21.5 Å². The van der Waals surface area contributed by atoms with Gasteiger partial charge in [0.15, 0.2) is 0 Å². The largest absolute Gasteiger partial charge is 0.489 e. The molecule has 2 aromatic carbocycles. The highest BCUT2D eigenvalue weighted by Gasteiger charge is 2.10. The van der Waals surface area contributed by atoms with Crippen LogP contribution in [0.4, 0.5) is 4.79 Å². The first-order chi connectivity index (χ1) is 11.6. The van der Waals surface area contributed by atoms with Crippen molar-refractivity contribution in [3.8, 4) is 5.75 Å². The molecule has 0 saturated heterocycles. The van der Waals surface area contributed by atoms with Gasteiger partial charge in [0, 0.05) is 23.5 Å². The van der Waals surface area contributed by atoms with Gasteiger partial charge >= 0.3 is 6.09 Å². The third-order valence-corrected chi connectivity index (χ3v) is 4.58. The molecule has 1 amide bonds. The normalized spacial score (nSPS) is 10.7. The van der Waals surface area contributed by atoms with Gasteiger partial charge in [-0.3, -0.25) is 3.97 Å². The molecule has 1 heterocycles. The summed E-state index contributed by atoms with van der Waals surface area (Å²) < 4.78 is 7.91. The Morgan fingerprint density at radius 3 is 2.71 bits per heavy atom. The molecule has 124 valence electrons. The number of nitrogens with zero attached hydrogens (tertiary/aromatic N) is 2. The smallest absolute Gasteiger partial charge is 0.407 e. The fourth-order valence-electron chi connectivity index (χ4n) is 2.31. The van der Waals surface area contributed by atoms with E-state index in [1.807, 2.05) is 48.7 Å². The van der Waals surface area contributed by atoms with Gasteiger partial charge in [-0.25, -0.2) is 4.79 Å². The lowest BCUT2D eigenvalue weighted by Gasteiger charge is -2.15. The van der Waals surface area contributed by atoms with Crippen LogP contribution in [0.1, 0.15) is 0 Å². The Bertz CT molecular complexity index is 833. The Labute approximate surface area is 144 Å². The standard InChI is InChI=1S/C18H18N2O3S/c1-19(18(21)22)12-13-23-16-9-5-6-14-10-11-20(17(14)16)24-15-7-3-2-4-8-15/h2-11H,12-13H2,1H3,(H,21,22). The Kier molecular flexibility index (Phi) is 4.96. The van der Waals surface area contributed by atoms with Crippen LogP contribution in [0, 0.1) is 0 Å². The predicted octanol–water partition coefficient (Wildman–Crippen LogP) is 4.19. The van der Waals surface area contributed by atoms with E-state index in [2.05, 4.69) is 16.1 Å². The minimum atomic E-state index is -0.959. The molecule has 0 unspecified atom stereocenters. The molecule has 0 atom stereocenters. The van der Waals surface area contributed by atoms with Crippen LogP contribution >= 0.6 is 11.9 Å². The lowest BCUT2D eigenvalue weighted by atomic mass is 10.2. The zero-order valence-electron chi connectivity index (χ0n) is 13.3. The second-order valence-electron chi connectivity index (χ2n) is 5.29. The van der Waals surface area contributed by atoms with E-state index in [9.17, 15) is 4.79 Å². The number of hydrogen-bond acceptors (Lipinski definition) is 3. The first-order valence-electron chi connectivity index (χ1n) is 7.55. The van der Waals surface area contributed by atoms with Crippen molar-refractivity contribution >= 4 is 28.9 Å². The fourth-order valence-corrected chi connectivity index (χ4v) is 3.22. The summed E-state index contributed by atoms with van der Waals surface area (Å²) >= 11 is 1.61. The van der Waals surface area contributed by atoms with E-state index in [1.54, 1.807) is 11.9 Å². The highest BCUT2D eigenvalue weighted by atomic mass is 32.2. The number of carboxylic acid groups (broad SMARTS) is 1. The predicted molar refractivity (Wildman–Crippen MR) is 95.8 cm³/mol. The first-order valence-corrected chi connectivity index (χ1v) is 8.33. The lowest BCUT2D eigenvalue weighted by Crippen LogP contribution is -2.29.